The first kappa shape index (κ1) is 14.2. The number of hydrogen-bond donors (Lipinski definition) is 1. The average Bonchev–Trinajstić information content (AvgIpc) is 2.99. The van der Waals surface area contributed by atoms with Crippen molar-refractivity contribution in [2.45, 2.75) is 32.6 Å². The van der Waals surface area contributed by atoms with E-state index in [0.29, 0.717) is 6.54 Å². The van der Waals surface area contributed by atoms with Crippen LogP contribution in [0.2, 0.25) is 0 Å². The quantitative estimate of drug-likeness (QED) is 0.944. The highest BCUT2D eigenvalue weighted by molar-refractivity contribution is 7.08. The van der Waals surface area contributed by atoms with Crippen LogP contribution in [-0.4, -0.2) is 16.8 Å². The SMILES string of the molecule is Cc1cscc1CN1C(=O)C(C)NC1c1ccc(F)cc1. The maximum atomic E-state index is 13.1. The molecule has 2 heterocycles. The average molecular weight is 304 g/mol. The van der Waals surface area contributed by atoms with Gasteiger partial charge < -0.3 is 4.90 Å². The predicted molar refractivity (Wildman–Crippen MR) is 81.3 cm³/mol. The van der Waals surface area contributed by atoms with E-state index in [0.717, 1.165) is 11.1 Å². The van der Waals surface area contributed by atoms with Gasteiger partial charge in [-0.25, -0.2) is 4.39 Å². The molecule has 2 atom stereocenters. The Labute approximate surface area is 127 Å². The molecule has 1 N–H and O–H groups in total. The number of halogens is 1. The fourth-order valence-electron chi connectivity index (χ4n) is 2.60. The van der Waals surface area contributed by atoms with Crippen molar-refractivity contribution in [1.82, 2.24) is 10.2 Å². The van der Waals surface area contributed by atoms with Gasteiger partial charge in [-0.2, -0.15) is 11.3 Å². The topological polar surface area (TPSA) is 32.3 Å². The first-order valence-corrected chi connectivity index (χ1v) is 7.84. The second kappa shape index (κ2) is 5.58. The molecule has 1 aromatic heterocycles. The van der Waals surface area contributed by atoms with Crippen molar-refractivity contribution in [3.05, 3.63) is 57.5 Å². The molecular weight excluding hydrogens is 287 g/mol. The van der Waals surface area contributed by atoms with Crippen LogP contribution in [0, 0.1) is 12.7 Å². The number of nitrogens with zero attached hydrogens (tertiary/aromatic N) is 1. The number of nitrogens with one attached hydrogen (secondary N) is 1. The molecule has 3 nitrogen and oxygen atoms in total. The van der Waals surface area contributed by atoms with Gasteiger partial charge in [-0.15, -0.1) is 0 Å². The number of carbonyl (C=O) groups excluding carboxylic acids is 1. The second-order valence-corrected chi connectivity index (χ2v) is 6.13. The Hall–Kier alpha value is -1.72. The summed E-state index contributed by atoms with van der Waals surface area (Å²) in [5.74, 6) is -0.189. The minimum atomic E-state index is -0.267. The molecule has 1 aliphatic heterocycles. The molecule has 0 saturated carbocycles. The van der Waals surface area contributed by atoms with E-state index in [9.17, 15) is 9.18 Å². The molecule has 3 rings (SSSR count). The number of aryl methyl sites for hydroxylation is 1. The van der Waals surface area contributed by atoms with E-state index >= 15 is 0 Å². The Bertz CT molecular complexity index is 653. The zero-order chi connectivity index (χ0) is 15.0. The van der Waals surface area contributed by atoms with Gasteiger partial charge in [0.05, 0.1) is 6.04 Å². The Kier molecular flexibility index (Phi) is 3.78. The van der Waals surface area contributed by atoms with Crippen molar-refractivity contribution in [3.63, 3.8) is 0 Å². The highest BCUT2D eigenvalue weighted by Gasteiger charge is 2.37. The third kappa shape index (κ3) is 2.71. The number of hydrogen-bond acceptors (Lipinski definition) is 3. The summed E-state index contributed by atoms with van der Waals surface area (Å²) in [5, 5.41) is 7.44. The molecule has 5 heteroatoms. The van der Waals surface area contributed by atoms with Gasteiger partial charge in [0, 0.05) is 6.54 Å². The van der Waals surface area contributed by atoms with Gasteiger partial charge in [-0.3, -0.25) is 10.1 Å². The molecule has 2 aromatic rings. The van der Waals surface area contributed by atoms with Gasteiger partial charge in [0.25, 0.3) is 0 Å². The molecule has 0 aliphatic carbocycles. The number of benzene rings is 1. The second-order valence-electron chi connectivity index (χ2n) is 5.39. The lowest BCUT2D eigenvalue weighted by Gasteiger charge is -2.24. The van der Waals surface area contributed by atoms with Gasteiger partial charge in [-0.1, -0.05) is 12.1 Å². The monoisotopic (exact) mass is 304 g/mol. The lowest BCUT2D eigenvalue weighted by molar-refractivity contribution is -0.130. The Morgan fingerprint density at radius 3 is 2.62 bits per heavy atom. The van der Waals surface area contributed by atoms with Crippen LogP contribution in [0.4, 0.5) is 4.39 Å². The summed E-state index contributed by atoms with van der Waals surface area (Å²) in [6.45, 7) is 4.49. The van der Waals surface area contributed by atoms with Crippen molar-refractivity contribution in [1.29, 1.82) is 0 Å². The van der Waals surface area contributed by atoms with E-state index in [1.165, 1.54) is 17.7 Å². The maximum absolute atomic E-state index is 13.1. The van der Waals surface area contributed by atoms with Crippen molar-refractivity contribution >= 4 is 17.2 Å². The number of rotatable bonds is 3. The highest BCUT2D eigenvalue weighted by atomic mass is 32.1. The van der Waals surface area contributed by atoms with E-state index in [2.05, 4.69) is 23.0 Å². The van der Waals surface area contributed by atoms with Gasteiger partial charge in [-0.05, 0) is 53.4 Å². The lowest BCUT2D eigenvalue weighted by Crippen LogP contribution is -2.30. The first-order valence-electron chi connectivity index (χ1n) is 6.90. The molecule has 1 aromatic carbocycles. The predicted octanol–water partition coefficient (Wildman–Crippen LogP) is 3.21. The molecule has 21 heavy (non-hydrogen) atoms. The van der Waals surface area contributed by atoms with Crippen LogP contribution >= 0.6 is 11.3 Å². The Morgan fingerprint density at radius 1 is 1.29 bits per heavy atom. The van der Waals surface area contributed by atoms with Crippen LogP contribution in [0.15, 0.2) is 35.0 Å². The van der Waals surface area contributed by atoms with E-state index in [-0.39, 0.29) is 23.9 Å². The molecule has 1 saturated heterocycles. The molecule has 2 unspecified atom stereocenters. The third-order valence-electron chi connectivity index (χ3n) is 3.86. The molecule has 1 amide bonds. The molecule has 0 radical (unpaired) electrons. The van der Waals surface area contributed by atoms with Crippen molar-refractivity contribution in [2.24, 2.45) is 0 Å². The van der Waals surface area contributed by atoms with Crippen LogP contribution in [0.3, 0.4) is 0 Å². The van der Waals surface area contributed by atoms with E-state index in [1.54, 1.807) is 23.5 Å². The molecule has 110 valence electrons. The van der Waals surface area contributed by atoms with Crippen molar-refractivity contribution < 1.29 is 9.18 Å². The third-order valence-corrected chi connectivity index (χ3v) is 4.77. The summed E-state index contributed by atoms with van der Waals surface area (Å²) in [6, 6.07) is 6.09. The summed E-state index contributed by atoms with van der Waals surface area (Å²) >= 11 is 1.64. The summed E-state index contributed by atoms with van der Waals surface area (Å²) in [4.78, 5) is 14.2. The summed E-state index contributed by atoms with van der Waals surface area (Å²) < 4.78 is 13.1. The maximum Gasteiger partial charge on any atom is 0.241 e. The Balaban J connectivity index is 1.89. The van der Waals surface area contributed by atoms with Crippen LogP contribution in [0.1, 0.15) is 29.8 Å². The van der Waals surface area contributed by atoms with E-state index in [4.69, 9.17) is 0 Å². The van der Waals surface area contributed by atoms with Crippen LogP contribution in [0.25, 0.3) is 0 Å². The summed E-state index contributed by atoms with van der Waals surface area (Å²) in [6.07, 6.45) is -0.201. The van der Waals surface area contributed by atoms with E-state index in [1.807, 2.05) is 11.8 Å². The standard InChI is InChI=1S/C16H17FN2OS/c1-10-8-21-9-13(10)7-19-15(18-11(2)16(19)20)12-3-5-14(17)6-4-12/h3-6,8-9,11,15,18H,7H2,1-2H3. The van der Waals surface area contributed by atoms with Gasteiger partial charge >= 0.3 is 0 Å². The highest BCUT2D eigenvalue weighted by Crippen LogP contribution is 2.28. The van der Waals surface area contributed by atoms with Crippen molar-refractivity contribution in [3.8, 4) is 0 Å². The number of carbonyl (C=O) groups is 1. The minimum absolute atomic E-state index is 0.0786. The molecule has 1 fully saturated rings. The Morgan fingerprint density at radius 2 is 2.00 bits per heavy atom. The fraction of sp³-hybridized carbons (Fsp3) is 0.312. The van der Waals surface area contributed by atoms with Crippen LogP contribution in [-0.2, 0) is 11.3 Å². The largest absolute Gasteiger partial charge is 0.317 e. The zero-order valence-corrected chi connectivity index (χ0v) is 12.8. The smallest absolute Gasteiger partial charge is 0.241 e. The van der Waals surface area contributed by atoms with Crippen molar-refractivity contribution in [2.75, 3.05) is 0 Å². The first-order chi connectivity index (χ1) is 10.1. The summed E-state index contributed by atoms with van der Waals surface area (Å²) in [7, 11) is 0. The summed E-state index contributed by atoms with van der Waals surface area (Å²) in [5.41, 5.74) is 3.27. The molecule has 1 aliphatic rings. The number of amides is 1. The van der Waals surface area contributed by atoms with Gasteiger partial charge in [0.15, 0.2) is 0 Å². The molecule has 0 spiro atoms. The zero-order valence-electron chi connectivity index (χ0n) is 12.0. The van der Waals surface area contributed by atoms with Gasteiger partial charge in [0.1, 0.15) is 12.0 Å². The fourth-order valence-corrected chi connectivity index (χ4v) is 3.45. The van der Waals surface area contributed by atoms with Gasteiger partial charge in [0.2, 0.25) is 5.91 Å². The molecule has 0 bridgehead atoms. The van der Waals surface area contributed by atoms with Crippen LogP contribution in [0.5, 0.6) is 0 Å². The number of thiophene rings is 1. The lowest BCUT2D eigenvalue weighted by atomic mass is 10.1. The van der Waals surface area contributed by atoms with Crippen LogP contribution < -0.4 is 5.32 Å². The molecular formula is C16H17FN2OS. The normalized spacial score (nSPS) is 22.0. The minimum Gasteiger partial charge on any atom is -0.317 e. The van der Waals surface area contributed by atoms with E-state index < -0.39 is 0 Å².